The van der Waals surface area contributed by atoms with Crippen molar-refractivity contribution in [3.63, 3.8) is 0 Å². The second kappa shape index (κ2) is 9.13. The second-order valence-electron chi connectivity index (χ2n) is 6.78. The summed E-state index contributed by atoms with van der Waals surface area (Å²) in [6, 6.07) is 21.6. The predicted octanol–water partition coefficient (Wildman–Crippen LogP) is 3.24. The predicted molar refractivity (Wildman–Crippen MR) is 112 cm³/mol. The molecule has 0 saturated carbocycles. The number of benzene rings is 3. The molecular weight excluding hydrogens is 398 g/mol. The van der Waals surface area contributed by atoms with E-state index >= 15 is 0 Å². The first kappa shape index (κ1) is 20.2. The van der Waals surface area contributed by atoms with E-state index in [4.69, 9.17) is 14.2 Å². The van der Waals surface area contributed by atoms with Crippen molar-refractivity contribution >= 4 is 17.7 Å². The Bertz CT molecular complexity index is 1110. The molecule has 0 unspecified atom stereocenters. The molecule has 31 heavy (non-hydrogen) atoms. The number of Topliss-reactive ketones (excluding diaryl/α,β-unsaturated/α-hetero) is 1. The van der Waals surface area contributed by atoms with Gasteiger partial charge in [-0.25, -0.2) is 0 Å². The maximum atomic E-state index is 12.3. The topological polar surface area (TPSA) is 90.9 Å². The minimum atomic E-state index is -0.705. The molecule has 3 aromatic carbocycles. The van der Waals surface area contributed by atoms with Crippen LogP contribution >= 0.6 is 0 Å². The molecule has 0 radical (unpaired) electrons. The van der Waals surface area contributed by atoms with Crippen LogP contribution in [-0.4, -0.2) is 37.6 Å². The van der Waals surface area contributed by atoms with Gasteiger partial charge in [0.1, 0.15) is 6.54 Å². The molecule has 1 aliphatic rings. The number of nitrogens with one attached hydrogen (secondary N) is 1. The molecule has 0 spiro atoms. The van der Waals surface area contributed by atoms with Gasteiger partial charge < -0.3 is 19.5 Å². The molecule has 0 saturated heterocycles. The van der Waals surface area contributed by atoms with E-state index in [2.05, 4.69) is 5.32 Å². The quantitative estimate of drug-likeness (QED) is 0.469. The zero-order chi connectivity index (χ0) is 21.6. The van der Waals surface area contributed by atoms with Gasteiger partial charge in [0.15, 0.2) is 23.9 Å². The highest BCUT2D eigenvalue weighted by Crippen LogP contribution is 2.32. The highest BCUT2D eigenvalue weighted by atomic mass is 16.7. The van der Waals surface area contributed by atoms with Crippen molar-refractivity contribution in [3.05, 3.63) is 83.9 Å². The zero-order valence-corrected chi connectivity index (χ0v) is 16.5. The summed E-state index contributed by atoms with van der Waals surface area (Å²) in [6.45, 7) is -0.662. The Morgan fingerprint density at radius 3 is 2.26 bits per heavy atom. The molecule has 1 amide bonds. The van der Waals surface area contributed by atoms with Gasteiger partial charge in [-0.2, -0.15) is 0 Å². The molecule has 3 aromatic rings. The third-order valence-electron chi connectivity index (χ3n) is 4.71. The number of rotatable bonds is 7. The molecule has 4 rings (SSSR count). The molecule has 1 heterocycles. The Hall–Kier alpha value is -4.13. The van der Waals surface area contributed by atoms with Gasteiger partial charge in [0, 0.05) is 11.1 Å². The Morgan fingerprint density at radius 1 is 0.806 bits per heavy atom. The smallest absolute Gasteiger partial charge is 0.325 e. The zero-order valence-electron chi connectivity index (χ0n) is 16.5. The van der Waals surface area contributed by atoms with Gasteiger partial charge in [-0.05, 0) is 41.5 Å². The van der Waals surface area contributed by atoms with E-state index in [0.717, 1.165) is 11.1 Å². The number of amides is 1. The summed E-state index contributed by atoms with van der Waals surface area (Å²) < 4.78 is 15.4. The molecule has 0 atom stereocenters. The molecule has 0 aliphatic carbocycles. The van der Waals surface area contributed by atoms with E-state index in [1.165, 1.54) is 0 Å². The Balaban J connectivity index is 1.25. The van der Waals surface area contributed by atoms with Crippen LogP contribution in [0, 0.1) is 0 Å². The van der Waals surface area contributed by atoms with Gasteiger partial charge in [0.05, 0.1) is 0 Å². The second-order valence-corrected chi connectivity index (χ2v) is 6.78. The van der Waals surface area contributed by atoms with Gasteiger partial charge in [-0.3, -0.25) is 14.4 Å². The van der Waals surface area contributed by atoms with Crippen LogP contribution in [0.3, 0.4) is 0 Å². The van der Waals surface area contributed by atoms with E-state index in [0.29, 0.717) is 22.6 Å². The standard InChI is InChI=1S/C24H19NO6/c26-20(19-10-11-21-22(12-19)31-15-30-21)14-29-23(27)13-25-24(28)18-8-6-17(7-9-18)16-4-2-1-3-5-16/h1-12H,13-15H2,(H,25,28). The highest BCUT2D eigenvalue weighted by Gasteiger charge is 2.17. The number of esters is 1. The van der Waals surface area contributed by atoms with Crippen LogP contribution in [0.25, 0.3) is 11.1 Å². The molecule has 156 valence electrons. The molecule has 0 fully saturated rings. The van der Waals surface area contributed by atoms with Crippen molar-refractivity contribution in [3.8, 4) is 22.6 Å². The lowest BCUT2D eigenvalue weighted by Crippen LogP contribution is -2.31. The molecule has 0 aromatic heterocycles. The maximum absolute atomic E-state index is 12.3. The number of ether oxygens (including phenoxy) is 3. The van der Waals surface area contributed by atoms with E-state index in [9.17, 15) is 14.4 Å². The van der Waals surface area contributed by atoms with Gasteiger partial charge in [0.2, 0.25) is 6.79 Å². The van der Waals surface area contributed by atoms with Gasteiger partial charge in [-0.1, -0.05) is 42.5 Å². The first-order valence-corrected chi connectivity index (χ1v) is 9.62. The Morgan fingerprint density at radius 2 is 1.48 bits per heavy atom. The minimum absolute atomic E-state index is 0.108. The van der Waals surface area contributed by atoms with Crippen molar-refractivity contribution in [1.29, 1.82) is 0 Å². The van der Waals surface area contributed by atoms with Crippen LogP contribution in [0.4, 0.5) is 0 Å². The summed E-state index contributed by atoms with van der Waals surface area (Å²) in [6.07, 6.45) is 0. The van der Waals surface area contributed by atoms with Crippen LogP contribution in [0.15, 0.2) is 72.8 Å². The fraction of sp³-hybridized carbons (Fsp3) is 0.125. The van der Waals surface area contributed by atoms with Crippen LogP contribution in [-0.2, 0) is 9.53 Å². The summed E-state index contributed by atoms with van der Waals surface area (Å²) >= 11 is 0. The number of hydrogen-bond donors (Lipinski definition) is 1. The third-order valence-corrected chi connectivity index (χ3v) is 4.71. The summed E-state index contributed by atoms with van der Waals surface area (Å²) in [5.41, 5.74) is 2.80. The lowest BCUT2D eigenvalue weighted by Gasteiger charge is -2.07. The van der Waals surface area contributed by atoms with Crippen LogP contribution in [0.1, 0.15) is 20.7 Å². The van der Waals surface area contributed by atoms with E-state index in [1.807, 2.05) is 42.5 Å². The Kier molecular flexibility index (Phi) is 5.93. The average molecular weight is 417 g/mol. The molecule has 0 bridgehead atoms. The van der Waals surface area contributed by atoms with Crippen LogP contribution in [0.2, 0.25) is 0 Å². The van der Waals surface area contributed by atoms with Crippen molar-refractivity contribution in [2.45, 2.75) is 0 Å². The third kappa shape index (κ3) is 4.90. The lowest BCUT2D eigenvalue weighted by molar-refractivity contribution is -0.141. The summed E-state index contributed by atoms with van der Waals surface area (Å²) in [4.78, 5) is 36.4. The summed E-state index contributed by atoms with van der Waals surface area (Å²) in [5.74, 6) is -0.452. The van der Waals surface area contributed by atoms with Gasteiger partial charge in [-0.15, -0.1) is 0 Å². The van der Waals surface area contributed by atoms with Crippen LogP contribution in [0.5, 0.6) is 11.5 Å². The molecular formula is C24H19NO6. The van der Waals surface area contributed by atoms with E-state index in [-0.39, 0.29) is 19.1 Å². The first-order chi connectivity index (χ1) is 15.1. The summed E-state index contributed by atoms with van der Waals surface area (Å²) in [5, 5.41) is 2.49. The van der Waals surface area contributed by atoms with E-state index in [1.54, 1.807) is 30.3 Å². The molecule has 7 heteroatoms. The van der Waals surface area contributed by atoms with Gasteiger partial charge >= 0.3 is 5.97 Å². The van der Waals surface area contributed by atoms with Crippen molar-refractivity contribution in [2.75, 3.05) is 19.9 Å². The average Bonchev–Trinajstić information content (AvgIpc) is 3.29. The minimum Gasteiger partial charge on any atom is -0.456 e. The molecule has 7 nitrogen and oxygen atoms in total. The molecule has 1 N–H and O–H groups in total. The fourth-order valence-corrected chi connectivity index (χ4v) is 3.05. The first-order valence-electron chi connectivity index (χ1n) is 9.62. The fourth-order valence-electron chi connectivity index (χ4n) is 3.05. The monoisotopic (exact) mass is 417 g/mol. The lowest BCUT2D eigenvalue weighted by atomic mass is 10.0. The van der Waals surface area contributed by atoms with Crippen molar-refractivity contribution in [2.24, 2.45) is 0 Å². The Labute approximate surface area is 178 Å². The number of hydrogen-bond acceptors (Lipinski definition) is 6. The normalized spacial score (nSPS) is 11.6. The van der Waals surface area contributed by atoms with E-state index < -0.39 is 18.5 Å². The van der Waals surface area contributed by atoms with Crippen molar-refractivity contribution in [1.82, 2.24) is 5.32 Å². The van der Waals surface area contributed by atoms with Crippen molar-refractivity contribution < 1.29 is 28.6 Å². The largest absolute Gasteiger partial charge is 0.456 e. The number of fused-ring (bicyclic) bond motifs is 1. The SMILES string of the molecule is O=C(CNC(=O)c1ccc(-c2ccccc2)cc1)OCC(=O)c1ccc2c(c1)OCO2. The molecule has 1 aliphatic heterocycles. The number of carbonyl (C=O) groups is 3. The number of carbonyl (C=O) groups excluding carboxylic acids is 3. The van der Waals surface area contributed by atoms with Crippen LogP contribution < -0.4 is 14.8 Å². The van der Waals surface area contributed by atoms with Gasteiger partial charge in [0.25, 0.3) is 5.91 Å². The summed E-state index contributed by atoms with van der Waals surface area (Å²) in [7, 11) is 0. The maximum Gasteiger partial charge on any atom is 0.325 e. The number of ketones is 1. The highest BCUT2D eigenvalue weighted by molar-refractivity contribution is 5.99.